The van der Waals surface area contributed by atoms with E-state index in [-0.39, 0.29) is 27.5 Å². The van der Waals surface area contributed by atoms with Crippen LogP contribution in [0.3, 0.4) is 0 Å². The van der Waals surface area contributed by atoms with Crippen molar-refractivity contribution in [2.45, 2.75) is 24.7 Å². The summed E-state index contributed by atoms with van der Waals surface area (Å²) in [6, 6.07) is 3.34. The number of aliphatic hydroxyl groups is 1. The predicted octanol–water partition coefficient (Wildman–Crippen LogP) is 3.55. The Kier molecular flexibility index (Phi) is 2.11. The monoisotopic (exact) mass is 260 g/mol. The second kappa shape index (κ2) is 3.12. The molecule has 0 amide bonds. The van der Waals surface area contributed by atoms with E-state index in [2.05, 4.69) is 0 Å². The maximum absolute atomic E-state index is 13.3. The maximum atomic E-state index is 13.3. The molecule has 86 valence electrons. The highest BCUT2D eigenvalue weighted by molar-refractivity contribution is 6.35. The molecule has 0 aliphatic heterocycles. The van der Waals surface area contributed by atoms with Crippen molar-refractivity contribution in [3.63, 3.8) is 0 Å². The molecule has 0 heterocycles. The SMILES string of the molecule is OCC12CC(c3cc(Cl)c(F)c(Cl)c3)(C1)C2. The molecular weight excluding hydrogens is 250 g/mol. The molecule has 1 aromatic carbocycles. The van der Waals surface area contributed by atoms with Crippen LogP contribution in [0.1, 0.15) is 24.8 Å². The fourth-order valence-electron chi connectivity index (χ4n) is 3.33. The van der Waals surface area contributed by atoms with Crippen molar-refractivity contribution in [2.75, 3.05) is 6.61 Å². The van der Waals surface area contributed by atoms with E-state index in [1.165, 1.54) is 0 Å². The van der Waals surface area contributed by atoms with E-state index in [1.54, 1.807) is 12.1 Å². The summed E-state index contributed by atoms with van der Waals surface area (Å²) in [6.07, 6.45) is 2.90. The summed E-state index contributed by atoms with van der Waals surface area (Å²) >= 11 is 11.6. The van der Waals surface area contributed by atoms with Gasteiger partial charge in [0.2, 0.25) is 0 Å². The van der Waals surface area contributed by atoms with Crippen molar-refractivity contribution < 1.29 is 9.50 Å². The van der Waals surface area contributed by atoms with Gasteiger partial charge in [-0.25, -0.2) is 4.39 Å². The highest BCUT2D eigenvalue weighted by Crippen LogP contribution is 2.73. The van der Waals surface area contributed by atoms with E-state index in [1.807, 2.05) is 0 Å². The third kappa shape index (κ3) is 1.21. The first-order valence-electron chi connectivity index (χ1n) is 5.26. The molecule has 3 saturated carbocycles. The third-order valence-electron chi connectivity index (χ3n) is 4.07. The minimum Gasteiger partial charge on any atom is -0.396 e. The van der Waals surface area contributed by atoms with E-state index in [4.69, 9.17) is 23.2 Å². The van der Waals surface area contributed by atoms with Gasteiger partial charge in [0.05, 0.1) is 10.0 Å². The number of hydrogen-bond donors (Lipinski definition) is 1. The Hall–Kier alpha value is -0.310. The first-order valence-corrected chi connectivity index (χ1v) is 6.02. The van der Waals surface area contributed by atoms with Crippen LogP contribution in [0.25, 0.3) is 0 Å². The summed E-state index contributed by atoms with van der Waals surface area (Å²) in [5, 5.41) is 9.36. The van der Waals surface area contributed by atoms with Crippen molar-refractivity contribution >= 4 is 23.2 Å². The van der Waals surface area contributed by atoms with Crippen LogP contribution in [0.2, 0.25) is 10.0 Å². The quantitative estimate of drug-likeness (QED) is 0.807. The molecule has 3 fully saturated rings. The molecule has 0 atom stereocenters. The van der Waals surface area contributed by atoms with E-state index < -0.39 is 5.82 Å². The van der Waals surface area contributed by atoms with E-state index in [0.29, 0.717) is 0 Å². The molecule has 4 rings (SSSR count). The molecule has 0 unspecified atom stereocenters. The first-order chi connectivity index (χ1) is 7.50. The summed E-state index contributed by atoms with van der Waals surface area (Å²) in [4.78, 5) is 0. The first kappa shape index (κ1) is 10.8. The number of aliphatic hydroxyl groups excluding tert-OH is 1. The maximum Gasteiger partial charge on any atom is 0.160 e. The van der Waals surface area contributed by atoms with Crippen LogP contribution < -0.4 is 0 Å². The molecule has 3 aliphatic rings. The highest BCUT2D eigenvalue weighted by atomic mass is 35.5. The van der Waals surface area contributed by atoms with Gasteiger partial charge in [-0.2, -0.15) is 0 Å². The standard InChI is InChI=1S/C12H11Cl2FO/c13-8-1-7(2-9(14)10(8)15)12-3-11(4-12,5-12)6-16/h1-2,16H,3-6H2. The number of benzene rings is 1. The van der Waals surface area contributed by atoms with Crippen molar-refractivity contribution in [2.24, 2.45) is 5.41 Å². The molecule has 0 saturated heterocycles. The van der Waals surface area contributed by atoms with Gasteiger partial charge in [0, 0.05) is 6.61 Å². The lowest BCUT2D eigenvalue weighted by molar-refractivity contribution is -0.167. The van der Waals surface area contributed by atoms with Crippen molar-refractivity contribution in [1.82, 2.24) is 0 Å². The van der Waals surface area contributed by atoms with E-state index in [9.17, 15) is 9.50 Å². The average Bonchev–Trinajstić information content (AvgIpc) is 2.10. The molecule has 3 aliphatic carbocycles. The number of rotatable bonds is 2. The van der Waals surface area contributed by atoms with Gasteiger partial charge in [-0.1, -0.05) is 23.2 Å². The molecule has 4 heteroatoms. The van der Waals surface area contributed by atoms with Crippen LogP contribution in [0.15, 0.2) is 12.1 Å². The molecule has 1 aromatic rings. The van der Waals surface area contributed by atoms with E-state index >= 15 is 0 Å². The Bertz CT molecular complexity index is 429. The zero-order valence-corrected chi connectivity index (χ0v) is 10.1. The summed E-state index contributed by atoms with van der Waals surface area (Å²) in [5.74, 6) is -0.546. The van der Waals surface area contributed by atoms with Gasteiger partial charge >= 0.3 is 0 Å². The average molecular weight is 261 g/mol. The zero-order chi connectivity index (χ0) is 11.6. The highest BCUT2D eigenvalue weighted by Gasteiger charge is 2.67. The van der Waals surface area contributed by atoms with Crippen LogP contribution in [0, 0.1) is 11.2 Å². The lowest BCUT2D eigenvalue weighted by atomic mass is 9.34. The van der Waals surface area contributed by atoms with Crippen LogP contribution in [-0.2, 0) is 5.41 Å². The number of halogens is 3. The molecule has 0 aromatic heterocycles. The van der Waals surface area contributed by atoms with Gasteiger partial charge in [-0.05, 0) is 47.8 Å². The van der Waals surface area contributed by atoms with Crippen molar-refractivity contribution in [3.8, 4) is 0 Å². The van der Waals surface area contributed by atoms with Gasteiger partial charge < -0.3 is 5.11 Å². The minimum absolute atomic E-state index is 0.0882. The van der Waals surface area contributed by atoms with Crippen LogP contribution in [-0.4, -0.2) is 11.7 Å². The van der Waals surface area contributed by atoms with Crippen molar-refractivity contribution in [3.05, 3.63) is 33.6 Å². The Morgan fingerprint density at radius 3 is 2.12 bits per heavy atom. The zero-order valence-electron chi connectivity index (χ0n) is 8.56. The second-order valence-corrected chi connectivity index (χ2v) is 6.04. The third-order valence-corrected chi connectivity index (χ3v) is 4.62. The molecule has 0 spiro atoms. The van der Waals surface area contributed by atoms with Gasteiger partial charge in [0.25, 0.3) is 0 Å². The molecular formula is C12H11Cl2FO. The summed E-state index contributed by atoms with van der Waals surface area (Å²) in [7, 11) is 0. The molecule has 1 nitrogen and oxygen atoms in total. The Labute approximate surface area is 103 Å². The van der Waals surface area contributed by atoms with Crippen LogP contribution >= 0.6 is 23.2 Å². The fraction of sp³-hybridized carbons (Fsp3) is 0.500. The topological polar surface area (TPSA) is 20.2 Å². The lowest BCUT2D eigenvalue weighted by Crippen LogP contribution is -2.66. The van der Waals surface area contributed by atoms with Gasteiger partial charge in [0.15, 0.2) is 5.82 Å². The minimum atomic E-state index is -0.546. The van der Waals surface area contributed by atoms with Crippen LogP contribution in [0.5, 0.6) is 0 Å². The van der Waals surface area contributed by atoms with E-state index in [0.717, 1.165) is 24.8 Å². The molecule has 1 N–H and O–H groups in total. The second-order valence-electron chi connectivity index (χ2n) is 5.22. The number of hydrogen-bond acceptors (Lipinski definition) is 1. The summed E-state index contributed by atoms with van der Waals surface area (Å²) in [6.45, 7) is 0.247. The Morgan fingerprint density at radius 1 is 1.19 bits per heavy atom. The lowest BCUT2D eigenvalue weighted by Gasteiger charge is -2.70. The molecule has 0 radical (unpaired) electrons. The predicted molar refractivity (Wildman–Crippen MR) is 61.5 cm³/mol. The smallest absolute Gasteiger partial charge is 0.160 e. The fourth-order valence-corrected chi connectivity index (χ4v) is 3.82. The van der Waals surface area contributed by atoms with Gasteiger partial charge in [-0.3, -0.25) is 0 Å². The van der Waals surface area contributed by atoms with Gasteiger partial charge in [0.1, 0.15) is 0 Å². The van der Waals surface area contributed by atoms with Crippen LogP contribution in [0.4, 0.5) is 4.39 Å². The normalized spacial score (nSPS) is 35.5. The Balaban J connectivity index is 1.93. The molecule has 16 heavy (non-hydrogen) atoms. The van der Waals surface area contributed by atoms with Crippen molar-refractivity contribution in [1.29, 1.82) is 0 Å². The summed E-state index contributed by atoms with van der Waals surface area (Å²) < 4.78 is 13.3. The Morgan fingerprint density at radius 2 is 1.69 bits per heavy atom. The summed E-state index contributed by atoms with van der Waals surface area (Å²) in [5.41, 5.74) is 1.25. The van der Waals surface area contributed by atoms with Gasteiger partial charge in [-0.15, -0.1) is 0 Å². The largest absolute Gasteiger partial charge is 0.396 e. The molecule has 2 bridgehead atoms.